The number of pyridine rings is 1. The molecule has 0 unspecified atom stereocenters. The van der Waals surface area contributed by atoms with Crippen molar-refractivity contribution >= 4 is 17.3 Å². The molecule has 1 aliphatic carbocycles. The zero-order valence-electron chi connectivity index (χ0n) is 17.6. The maximum Gasteiger partial charge on any atom is 0.341 e. The van der Waals surface area contributed by atoms with E-state index in [4.69, 9.17) is 14.7 Å². The zero-order chi connectivity index (χ0) is 22.2. The lowest BCUT2D eigenvalue weighted by molar-refractivity contribution is -0.139. The van der Waals surface area contributed by atoms with Crippen molar-refractivity contribution in [3.63, 3.8) is 0 Å². The summed E-state index contributed by atoms with van der Waals surface area (Å²) in [6.45, 7) is -0.0129. The summed E-state index contributed by atoms with van der Waals surface area (Å²) in [6, 6.07) is 19.5. The number of carboxylic acids is 1. The van der Waals surface area contributed by atoms with Gasteiger partial charge in [0.15, 0.2) is 6.61 Å². The lowest BCUT2D eigenvalue weighted by atomic mass is 9.86. The Morgan fingerprint density at radius 1 is 1.00 bits per heavy atom. The van der Waals surface area contributed by atoms with Gasteiger partial charge in [-0.3, -0.25) is 4.98 Å². The van der Waals surface area contributed by atoms with E-state index >= 15 is 0 Å². The minimum Gasteiger partial charge on any atom is -0.482 e. The van der Waals surface area contributed by atoms with E-state index < -0.39 is 5.97 Å². The van der Waals surface area contributed by atoms with Gasteiger partial charge in [0.2, 0.25) is 0 Å². The molecular weight excluding hydrogens is 404 g/mol. The van der Waals surface area contributed by atoms with Crippen molar-refractivity contribution in [1.82, 2.24) is 4.98 Å². The van der Waals surface area contributed by atoms with Crippen molar-refractivity contribution in [3.05, 3.63) is 101 Å². The molecule has 0 saturated carbocycles. The molecule has 162 valence electrons. The standard InChI is InChI=1S/C26H24N2O4/c29-25(30)18-31-24-11-5-9-22-19(8-4-10-23(22)24)14-17-32-28-26(20-6-2-1-3-7-20)21-12-15-27-16-13-21/h1-3,5-7,9,11-16H,4,8,10,17-18H2,(H,29,30)/b19-14-,28-26-. The Kier molecular flexibility index (Phi) is 6.92. The summed E-state index contributed by atoms with van der Waals surface area (Å²) in [6.07, 6.45) is 8.27. The molecule has 0 amide bonds. The molecule has 0 bridgehead atoms. The van der Waals surface area contributed by atoms with Crippen LogP contribution in [0.3, 0.4) is 0 Å². The van der Waals surface area contributed by atoms with E-state index in [9.17, 15) is 4.79 Å². The number of allylic oxidation sites excluding steroid dienone is 1. The molecule has 6 heteroatoms. The molecule has 1 aliphatic rings. The van der Waals surface area contributed by atoms with E-state index in [1.165, 1.54) is 0 Å². The number of aromatic nitrogens is 1. The normalized spacial score (nSPS) is 14.6. The second kappa shape index (κ2) is 10.4. The van der Waals surface area contributed by atoms with Gasteiger partial charge in [-0.15, -0.1) is 0 Å². The third-order valence-electron chi connectivity index (χ3n) is 5.26. The third-order valence-corrected chi connectivity index (χ3v) is 5.26. The van der Waals surface area contributed by atoms with Crippen LogP contribution in [0.1, 0.15) is 35.1 Å². The molecular formula is C26H24N2O4. The molecule has 0 fully saturated rings. The van der Waals surface area contributed by atoms with Gasteiger partial charge in [0.1, 0.15) is 18.1 Å². The van der Waals surface area contributed by atoms with E-state index in [0.717, 1.165) is 52.8 Å². The Labute approximate surface area is 186 Å². The van der Waals surface area contributed by atoms with Crippen molar-refractivity contribution in [3.8, 4) is 5.75 Å². The number of rotatable bonds is 8. The largest absolute Gasteiger partial charge is 0.482 e. The molecule has 2 aromatic carbocycles. The first-order valence-electron chi connectivity index (χ1n) is 10.5. The number of fused-ring (bicyclic) bond motifs is 1. The number of ether oxygens (including phenoxy) is 1. The van der Waals surface area contributed by atoms with Crippen LogP contribution in [0, 0.1) is 0 Å². The molecule has 0 radical (unpaired) electrons. The minimum absolute atomic E-state index is 0.330. The number of aliphatic carboxylic acids is 1. The number of benzene rings is 2. The van der Waals surface area contributed by atoms with E-state index in [1.807, 2.05) is 66.7 Å². The highest BCUT2D eigenvalue weighted by Crippen LogP contribution is 2.36. The highest BCUT2D eigenvalue weighted by molar-refractivity contribution is 6.12. The Hall–Kier alpha value is -3.93. The van der Waals surface area contributed by atoms with Crippen LogP contribution in [0.4, 0.5) is 0 Å². The fourth-order valence-corrected chi connectivity index (χ4v) is 3.82. The predicted octanol–water partition coefficient (Wildman–Crippen LogP) is 4.73. The van der Waals surface area contributed by atoms with E-state index in [0.29, 0.717) is 12.4 Å². The number of carboxylic acid groups (broad SMARTS) is 1. The molecule has 0 spiro atoms. The average molecular weight is 428 g/mol. The molecule has 32 heavy (non-hydrogen) atoms. The Morgan fingerprint density at radius 2 is 1.78 bits per heavy atom. The molecule has 0 aliphatic heterocycles. The molecule has 4 rings (SSSR count). The molecule has 1 N–H and O–H groups in total. The quantitative estimate of drug-likeness (QED) is 0.319. The van der Waals surface area contributed by atoms with Gasteiger partial charge in [0.05, 0.1) is 0 Å². The van der Waals surface area contributed by atoms with Crippen LogP contribution in [0.15, 0.2) is 84.3 Å². The van der Waals surface area contributed by atoms with Gasteiger partial charge in [-0.25, -0.2) is 4.79 Å². The molecule has 0 atom stereocenters. The lowest BCUT2D eigenvalue weighted by Gasteiger charge is -2.21. The van der Waals surface area contributed by atoms with Crippen LogP contribution < -0.4 is 4.74 Å². The monoisotopic (exact) mass is 428 g/mol. The maximum atomic E-state index is 10.9. The fourth-order valence-electron chi connectivity index (χ4n) is 3.82. The van der Waals surface area contributed by atoms with Crippen LogP contribution in [-0.4, -0.2) is 35.0 Å². The first-order valence-corrected chi connectivity index (χ1v) is 10.5. The van der Waals surface area contributed by atoms with Crippen LogP contribution in [-0.2, 0) is 16.1 Å². The highest BCUT2D eigenvalue weighted by atomic mass is 16.6. The van der Waals surface area contributed by atoms with Crippen molar-refractivity contribution in [1.29, 1.82) is 0 Å². The number of hydrogen-bond acceptors (Lipinski definition) is 5. The summed E-state index contributed by atoms with van der Waals surface area (Å²) in [5, 5.41) is 13.3. The van der Waals surface area contributed by atoms with Crippen molar-refractivity contribution in [2.45, 2.75) is 19.3 Å². The van der Waals surface area contributed by atoms with Crippen LogP contribution in [0.25, 0.3) is 5.57 Å². The smallest absolute Gasteiger partial charge is 0.341 e. The van der Waals surface area contributed by atoms with Crippen LogP contribution in [0.2, 0.25) is 0 Å². The molecule has 1 aromatic heterocycles. The molecule has 1 heterocycles. The summed E-state index contributed by atoms with van der Waals surface area (Å²) in [5.41, 5.74) is 5.95. The number of nitrogens with zero attached hydrogens (tertiary/aromatic N) is 2. The van der Waals surface area contributed by atoms with Crippen molar-refractivity contribution < 1.29 is 19.5 Å². The average Bonchev–Trinajstić information content (AvgIpc) is 2.84. The third kappa shape index (κ3) is 5.21. The summed E-state index contributed by atoms with van der Waals surface area (Å²) in [7, 11) is 0. The van der Waals surface area contributed by atoms with E-state index in [-0.39, 0.29) is 6.61 Å². The predicted molar refractivity (Wildman–Crippen MR) is 123 cm³/mol. The highest BCUT2D eigenvalue weighted by Gasteiger charge is 2.18. The second-order valence-electron chi connectivity index (χ2n) is 7.39. The first kappa shape index (κ1) is 21.3. The Morgan fingerprint density at radius 3 is 2.56 bits per heavy atom. The first-order chi connectivity index (χ1) is 15.7. The molecule has 6 nitrogen and oxygen atoms in total. The van der Waals surface area contributed by atoms with Gasteiger partial charge in [-0.05, 0) is 54.7 Å². The summed E-state index contributed by atoms with van der Waals surface area (Å²) in [4.78, 5) is 20.7. The molecule has 0 saturated heterocycles. The molecule has 3 aromatic rings. The SMILES string of the molecule is O=C(O)COc1cccc2c1CCC/C2=C/CO/N=C(/c1ccccc1)c1ccncc1. The summed E-state index contributed by atoms with van der Waals surface area (Å²) < 4.78 is 5.48. The van der Waals surface area contributed by atoms with E-state index in [1.54, 1.807) is 12.4 Å². The Balaban J connectivity index is 1.52. The maximum absolute atomic E-state index is 10.9. The van der Waals surface area contributed by atoms with Crippen molar-refractivity contribution in [2.75, 3.05) is 13.2 Å². The fraction of sp³-hybridized carbons (Fsp3) is 0.192. The topological polar surface area (TPSA) is 81.0 Å². The van der Waals surface area contributed by atoms with Gasteiger partial charge < -0.3 is 14.7 Å². The van der Waals surface area contributed by atoms with Crippen LogP contribution >= 0.6 is 0 Å². The van der Waals surface area contributed by atoms with Gasteiger partial charge in [0, 0.05) is 29.1 Å². The summed E-state index contributed by atoms with van der Waals surface area (Å²) >= 11 is 0. The number of oxime groups is 1. The number of hydrogen-bond donors (Lipinski definition) is 1. The van der Waals surface area contributed by atoms with Gasteiger partial charge >= 0.3 is 5.97 Å². The zero-order valence-corrected chi connectivity index (χ0v) is 17.6. The van der Waals surface area contributed by atoms with Crippen LogP contribution in [0.5, 0.6) is 5.75 Å². The van der Waals surface area contributed by atoms with Gasteiger partial charge in [-0.1, -0.05) is 47.6 Å². The van der Waals surface area contributed by atoms with E-state index in [2.05, 4.69) is 10.1 Å². The lowest BCUT2D eigenvalue weighted by Crippen LogP contribution is -2.12. The van der Waals surface area contributed by atoms with Gasteiger partial charge in [-0.2, -0.15) is 0 Å². The number of carbonyl (C=O) groups is 1. The summed E-state index contributed by atoms with van der Waals surface area (Å²) in [5.74, 6) is -0.345. The minimum atomic E-state index is -0.983. The second-order valence-corrected chi connectivity index (χ2v) is 7.39. The van der Waals surface area contributed by atoms with Gasteiger partial charge in [0.25, 0.3) is 0 Å². The Bertz CT molecular complexity index is 1080. The van der Waals surface area contributed by atoms with Crippen molar-refractivity contribution in [2.24, 2.45) is 5.16 Å².